The van der Waals surface area contributed by atoms with Crippen LogP contribution in [0.25, 0.3) is 0 Å². The largest absolute Gasteiger partial charge is 0.493 e. The van der Waals surface area contributed by atoms with Gasteiger partial charge < -0.3 is 19.1 Å². The first kappa shape index (κ1) is 16.7. The number of amides is 1. The number of aromatic nitrogens is 2. The van der Waals surface area contributed by atoms with Crippen molar-refractivity contribution in [2.75, 3.05) is 34.9 Å². The maximum atomic E-state index is 12.7. The van der Waals surface area contributed by atoms with Gasteiger partial charge in [0, 0.05) is 26.0 Å². The van der Waals surface area contributed by atoms with E-state index < -0.39 is 0 Å². The lowest BCUT2D eigenvalue weighted by Gasteiger charge is -2.20. The van der Waals surface area contributed by atoms with Crippen LogP contribution in [0.1, 0.15) is 10.4 Å². The molecule has 2 aromatic rings. The van der Waals surface area contributed by atoms with Gasteiger partial charge in [-0.25, -0.2) is 0 Å². The zero-order valence-corrected chi connectivity index (χ0v) is 13.8. The van der Waals surface area contributed by atoms with E-state index in [1.807, 2.05) is 12.3 Å². The normalized spacial score (nSPS) is 10.3. The highest BCUT2D eigenvalue weighted by Gasteiger charge is 2.22. The number of carbonyl (C=O) groups excluding carboxylic acids is 1. The predicted molar refractivity (Wildman–Crippen MR) is 85.3 cm³/mol. The predicted octanol–water partition coefficient (Wildman–Crippen LogP) is 1.68. The third kappa shape index (κ3) is 3.56. The Balaban J connectivity index is 2.20. The molecule has 1 aromatic heterocycles. The number of methoxy groups -OCH3 is 3. The Morgan fingerprint density at radius 3 is 2.48 bits per heavy atom. The molecule has 124 valence electrons. The number of carbonyl (C=O) groups is 1. The van der Waals surface area contributed by atoms with Gasteiger partial charge in [-0.05, 0) is 18.2 Å². The third-order valence-electron chi connectivity index (χ3n) is 3.50. The molecule has 23 heavy (non-hydrogen) atoms. The second-order valence-electron chi connectivity index (χ2n) is 4.88. The molecule has 7 nitrogen and oxygen atoms in total. The first-order chi connectivity index (χ1) is 11.1. The maximum absolute atomic E-state index is 12.7. The fraction of sp³-hybridized carbons (Fsp3) is 0.375. The van der Waals surface area contributed by atoms with E-state index in [-0.39, 0.29) is 5.91 Å². The summed E-state index contributed by atoms with van der Waals surface area (Å²) in [6.07, 6.45) is 3.56. The van der Waals surface area contributed by atoms with Crippen molar-refractivity contribution in [3.8, 4) is 17.2 Å². The molecule has 1 amide bonds. The highest BCUT2D eigenvalue weighted by atomic mass is 16.5. The van der Waals surface area contributed by atoms with E-state index >= 15 is 0 Å². The highest BCUT2D eigenvalue weighted by molar-refractivity contribution is 5.98. The van der Waals surface area contributed by atoms with Gasteiger partial charge in [0.2, 0.25) is 5.75 Å². The number of hydrogen-bond donors (Lipinski definition) is 0. The summed E-state index contributed by atoms with van der Waals surface area (Å²) in [4.78, 5) is 14.3. The monoisotopic (exact) mass is 319 g/mol. The molecule has 0 bridgehead atoms. The molecule has 0 fully saturated rings. The second-order valence-corrected chi connectivity index (χ2v) is 4.88. The highest BCUT2D eigenvalue weighted by Crippen LogP contribution is 2.40. The standard InChI is InChI=1S/C16H21N3O4/c1-18(10-11-19-9-5-8-17-19)16(20)12-6-7-13(21-2)15(23-4)14(12)22-3/h5-9H,10-11H2,1-4H3. The fourth-order valence-electron chi connectivity index (χ4n) is 2.26. The molecular weight excluding hydrogens is 298 g/mol. The van der Waals surface area contributed by atoms with E-state index in [1.165, 1.54) is 21.3 Å². The van der Waals surface area contributed by atoms with Crippen LogP contribution < -0.4 is 14.2 Å². The summed E-state index contributed by atoms with van der Waals surface area (Å²) in [6.45, 7) is 1.14. The molecule has 1 aromatic carbocycles. The lowest BCUT2D eigenvalue weighted by Crippen LogP contribution is -2.30. The van der Waals surface area contributed by atoms with Crippen LogP contribution in [0.15, 0.2) is 30.6 Å². The van der Waals surface area contributed by atoms with Crippen LogP contribution in [0.4, 0.5) is 0 Å². The van der Waals surface area contributed by atoms with Crippen LogP contribution in [-0.2, 0) is 6.54 Å². The molecule has 0 saturated carbocycles. The summed E-state index contributed by atoms with van der Waals surface area (Å²) in [7, 11) is 6.28. The Hall–Kier alpha value is -2.70. The molecule has 7 heteroatoms. The summed E-state index contributed by atoms with van der Waals surface area (Å²) in [5.41, 5.74) is 0.424. The van der Waals surface area contributed by atoms with Gasteiger partial charge >= 0.3 is 0 Å². The molecule has 0 aliphatic heterocycles. The van der Waals surface area contributed by atoms with E-state index in [4.69, 9.17) is 14.2 Å². The number of rotatable bonds is 7. The van der Waals surface area contributed by atoms with Crippen LogP contribution in [-0.4, -0.2) is 55.5 Å². The second kappa shape index (κ2) is 7.53. The van der Waals surface area contributed by atoms with Gasteiger partial charge in [-0.15, -0.1) is 0 Å². The molecule has 0 aliphatic carbocycles. The molecule has 0 aliphatic rings. The number of likely N-dealkylation sites (N-methyl/N-ethyl adjacent to an activating group) is 1. The molecule has 0 radical (unpaired) electrons. The summed E-state index contributed by atoms with van der Waals surface area (Å²) in [5, 5.41) is 4.12. The van der Waals surface area contributed by atoms with E-state index in [0.717, 1.165) is 0 Å². The van der Waals surface area contributed by atoms with Crippen molar-refractivity contribution in [3.63, 3.8) is 0 Å². The molecular formula is C16H21N3O4. The van der Waals surface area contributed by atoms with Crippen molar-refractivity contribution >= 4 is 5.91 Å². The SMILES string of the molecule is COc1ccc(C(=O)N(C)CCn2cccn2)c(OC)c1OC. The van der Waals surface area contributed by atoms with E-state index in [9.17, 15) is 4.79 Å². The Kier molecular flexibility index (Phi) is 5.46. The number of hydrogen-bond acceptors (Lipinski definition) is 5. The van der Waals surface area contributed by atoms with Crippen molar-refractivity contribution < 1.29 is 19.0 Å². The average Bonchev–Trinajstić information content (AvgIpc) is 3.10. The van der Waals surface area contributed by atoms with Crippen molar-refractivity contribution in [1.29, 1.82) is 0 Å². The molecule has 2 rings (SSSR count). The molecule has 0 unspecified atom stereocenters. The average molecular weight is 319 g/mol. The quantitative estimate of drug-likeness (QED) is 0.777. The zero-order valence-electron chi connectivity index (χ0n) is 13.8. The summed E-state index contributed by atoms with van der Waals surface area (Å²) in [5.74, 6) is 1.12. The summed E-state index contributed by atoms with van der Waals surface area (Å²) in [6, 6.07) is 5.21. The van der Waals surface area contributed by atoms with Gasteiger partial charge in [0.15, 0.2) is 11.5 Å². The molecule has 0 atom stereocenters. The minimum Gasteiger partial charge on any atom is -0.493 e. The first-order valence-electron chi connectivity index (χ1n) is 7.14. The van der Waals surface area contributed by atoms with E-state index in [2.05, 4.69) is 5.10 Å². The van der Waals surface area contributed by atoms with E-state index in [1.54, 1.807) is 35.0 Å². The lowest BCUT2D eigenvalue weighted by molar-refractivity contribution is 0.0785. The number of nitrogens with zero attached hydrogens (tertiary/aromatic N) is 3. The Morgan fingerprint density at radius 1 is 1.17 bits per heavy atom. The van der Waals surface area contributed by atoms with Crippen LogP contribution in [0.5, 0.6) is 17.2 Å². The smallest absolute Gasteiger partial charge is 0.257 e. The minimum atomic E-state index is -0.157. The van der Waals surface area contributed by atoms with Gasteiger partial charge in [0.05, 0.1) is 33.4 Å². The maximum Gasteiger partial charge on any atom is 0.257 e. The topological polar surface area (TPSA) is 65.8 Å². The summed E-state index contributed by atoms with van der Waals surface area (Å²) < 4.78 is 17.7. The van der Waals surface area contributed by atoms with Crippen molar-refractivity contribution in [1.82, 2.24) is 14.7 Å². The van der Waals surface area contributed by atoms with E-state index in [0.29, 0.717) is 35.9 Å². The van der Waals surface area contributed by atoms with Crippen molar-refractivity contribution in [2.45, 2.75) is 6.54 Å². The number of benzene rings is 1. The Bertz CT molecular complexity index is 656. The van der Waals surface area contributed by atoms with Crippen molar-refractivity contribution in [3.05, 3.63) is 36.2 Å². The Morgan fingerprint density at radius 2 is 1.91 bits per heavy atom. The van der Waals surface area contributed by atoms with Crippen LogP contribution in [0, 0.1) is 0 Å². The molecule has 1 heterocycles. The molecule has 0 spiro atoms. The number of ether oxygens (including phenoxy) is 3. The van der Waals surface area contributed by atoms with Gasteiger partial charge in [-0.2, -0.15) is 5.10 Å². The zero-order chi connectivity index (χ0) is 16.8. The Labute approximate surface area is 135 Å². The van der Waals surface area contributed by atoms with Crippen molar-refractivity contribution in [2.24, 2.45) is 0 Å². The molecule has 0 saturated heterocycles. The van der Waals surface area contributed by atoms with Crippen LogP contribution in [0.3, 0.4) is 0 Å². The van der Waals surface area contributed by atoms with Gasteiger partial charge in [-0.3, -0.25) is 9.48 Å². The fourth-order valence-corrected chi connectivity index (χ4v) is 2.26. The van der Waals surface area contributed by atoms with Gasteiger partial charge in [-0.1, -0.05) is 0 Å². The van der Waals surface area contributed by atoms with Crippen LogP contribution in [0.2, 0.25) is 0 Å². The third-order valence-corrected chi connectivity index (χ3v) is 3.50. The lowest BCUT2D eigenvalue weighted by atomic mass is 10.1. The minimum absolute atomic E-state index is 0.157. The first-order valence-corrected chi connectivity index (χ1v) is 7.14. The van der Waals surface area contributed by atoms with Crippen LogP contribution >= 0.6 is 0 Å². The molecule has 0 N–H and O–H groups in total. The summed E-state index contributed by atoms with van der Waals surface area (Å²) >= 11 is 0. The van der Waals surface area contributed by atoms with Gasteiger partial charge in [0.1, 0.15) is 0 Å². The van der Waals surface area contributed by atoms with Gasteiger partial charge in [0.25, 0.3) is 5.91 Å².